The van der Waals surface area contributed by atoms with E-state index in [-0.39, 0.29) is 11.1 Å². The third-order valence-corrected chi connectivity index (χ3v) is 20.4. The molecular weight excluding hydrogens is 972 g/mol. The van der Waals surface area contributed by atoms with Crippen LogP contribution in [0.1, 0.15) is 233 Å². The molecule has 2 atom stereocenters. The minimum atomic E-state index is 0.117. The molecule has 0 amide bonds. The van der Waals surface area contributed by atoms with Gasteiger partial charge in [0.15, 0.2) is 0 Å². The van der Waals surface area contributed by atoms with E-state index in [1.807, 2.05) is 11.3 Å². The second kappa shape index (κ2) is 30.4. The quantitative estimate of drug-likeness (QED) is 0.0221. The zero-order chi connectivity index (χ0) is 49.6. The van der Waals surface area contributed by atoms with Crippen LogP contribution in [0.4, 0.5) is 0 Å². The summed E-state index contributed by atoms with van der Waals surface area (Å²) in [4.78, 5) is 34.6. The summed E-state index contributed by atoms with van der Waals surface area (Å²) in [6.45, 7) is 10.7. The molecule has 7 rings (SSSR count). The Bertz CT molecular complexity index is 2750. The monoisotopic (exact) mass is 1060 g/mol. The van der Waals surface area contributed by atoms with E-state index in [1.54, 1.807) is 11.3 Å². The van der Waals surface area contributed by atoms with Gasteiger partial charge in [0.2, 0.25) is 0 Å². The van der Waals surface area contributed by atoms with Crippen LogP contribution >= 0.6 is 22.7 Å². The van der Waals surface area contributed by atoms with Gasteiger partial charge in [0.1, 0.15) is 0 Å². The second-order valence-corrected chi connectivity index (χ2v) is 25.7. The molecular formula is C64H92N2O2S2Se. The van der Waals surface area contributed by atoms with Gasteiger partial charge in [-0.2, -0.15) is 0 Å². The number of rotatable bonds is 37. The Labute approximate surface area is 443 Å². The third kappa shape index (κ3) is 15.3. The number of aromatic nitrogens is 2. The van der Waals surface area contributed by atoms with Crippen LogP contribution in [0.15, 0.2) is 68.4 Å². The van der Waals surface area contributed by atoms with Gasteiger partial charge in [-0.3, -0.25) is 0 Å². The summed E-state index contributed by atoms with van der Waals surface area (Å²) in [5, 5.41) is 7.73. The van der Waals surface area contributed by atoms with Gasteiger partial charge in [0.25, 0.3) is 0 Å². The van der Waals surface area contributed by atoms with Crippen molar-refractivity contribution in [2.75, 3.05) is 0 Å². The smallest absolute Gasteiger partial charge is 0.0269 e. The predicted octanol–water partition coefficient (Wildman–Crippen LogP) is 20.4. The molecule has 388 valence electrons. The van der Waals surface area contributed by atoms with Crippen LogP contribution < -0.4 is 11.1 Å². The predicted molar refractivity (Wildman–Crippen MR) is 318 cm³/mol. The molecule has 0 aliphatic rings. The maximum absolute atomic E-state index is 15.6. The van der Waals surface area contributed by atoms with E-state index in [1.165, 1.54) is 224 Å². The molecule has 5 aromatic heterocycles. The van der Waals surface area contributed by atoms with E-state index in [9.17, 15) is 0 Å². The van der Waals surface area contributed by atoms with Crippen molar-refractivity contribution in [3.8, 4) is 9.31 Å². The Morgan fingerprint density at radius 2 is 0.845 bits per heavy atom. The van der Waals surface area contributed by atoms with E-state index in [2.05, 4.69) is 95.7 Å². The molecule has 7 aromatic rings. The van der Waals surface area contributed by atoms with Crippen molar-refractivity contribution < 1.29 is 0 Å². The zero-order valence-corrected chi connectivity index (χ0v) is 48.3. The molecule has 0 saturated carbocycles. The van der Waals surface area contributed by atoms with Gasteiger partial charge in [-0.1, -0.05) is 156 Å². The Morgan fingerprint density at radius 1 is 0.451 bits per heavy atom. The summed E-state index contributed by atoms with van der Waals surface area (Å²) in [6, 6.07) is 17.8. The molecule has 2 aromatic carbocycles. The normalized spacial score (nSPS) is 13.0. The molecule has 0 aliphatic heterocycles. The summed E-state index contributed by atoms with van der Waals surface area (Å²) >= 11 is 3.94. The minimum absolute atomic E-state index is 0.117. The number of thiophene rings is 2. The molecule has 7 heteroatoms. The Morgan fingerprint density at radius 3 is 1.27 bits per heavy atom. The Kier molecular flexibility index (Phi) is 23.9. The van der Waals surface area contributed by atoms with Crippen LogP contribution in [0.25, 0.3) is 62.1 Å². The van der Waals surface area contributed by atoms with Crippen molar-refractivity contribution in [3.05, 3.63) is 79.6 Å². The topological polar surface area (TPSA) is 44.0 Å². The van der Waals surface area contributed by atoms with Crippen molar-refractivity contribution >= 4 is 89.9 Å². The minimum Gasteiger partial charge on any atom is -0.0269 e. The van der Waals surface area contributed by atoms with Gasteiger partial charge in [0.05, 0.1) is 0 Å². The van der Waals surface area contributed by atoms with Gasteiger partial charge >= 0.3 is 260 Å². The maximum atomic E-state index is 15.6. The summed E-state index contributed by atoms with van der Waals surface area (Å²) in [5.74, 6) is 0.940. The molecule has 0 bridgehead atoms. The number of nitrogens with zero attached hydrogens (tertiary/aromatic N) is 2. The standard InChI is InChI=1S/C64H92N2O2S2Se/c1-5-9-13-17-21-23-27-31-35-49(34-29-25-19-15-11-7-3)47-65-55-43-44-69-61(55)53-41-39-52-51(59(53)63(65)67)40-42-54-60(52)64(68)66(56-46-57(70-62(54)56)58-38-33-45-71-58)48-50(36-30-26-20-16-12-8-4)37-32-28-24-22-18-14-10-6-2/h33,38-46,49-50H,5-32,34-37,47-48H2,1-4H3. The first-order chi connectivity index (χ1) is 35.0. The van der Waals surface area contributed by atoms with E-state index in [4.69, 9.17) is 0 Å². The summed E-state index contributed by atoms with van der Waals surface area (Å²) in [7, 11) is 0. The molecule has 2 unspecified atom stereocenters. The molecule has 0 radical (unpaired) electrons. The fourth-order valence-corrected chi connectivity index (χ4v) is 15.7. The summed E-state index contributed by atoms with van der Waals surface area (Å²) in [6.07, 6.45) is 41.5. The van der Waals surface area contributed by atoms with Gasteiger partial charge in [-0.25, -0.2) is 0 Å². The number of hydrogen-bond acceptors (Lipinski definition) is 4. The molecule has 71 heavy (non-hydrogen) atoms. The van der Waals surface area contributed by atoms with Crippen molar-refractivity contribution in [2.24, 2.45) is 11.8 Å². The molecule has 0 saturated heterocycles. The average Bonchev–Trinajstić information content (AvgIpc) is 4.20. The van der Waals surface area contributed by atoms with Gasteiger partial charge < -0.3 is 0 Å². The Balaban J connectivity index is 1.26. The molecule has 4 nitrogen and oxygen atoms in total. The van der Waals surface area contributed by atoms with Gasteiger partial charge in [0, 0.05) is 0 Å². The SMILES string of the molecule is CCCCCCCCCCC(CCCCCCCC)Cn1c(=O)c2c3ccc4c5sc(-c6ccc[se]6)cc5n(CC(CCCCCCCC)CCCCCCCCCC)c(=O)c4c3ccc2c2sccc21. The Hall–Kier alpha value is -2.96. The fourth-order valence-electron chi connectivity index (χ4n) is 11.9. The van der Waals surface area contributed by atoms with Crippen LogP contribution in [0.5, 0.6) is 0 Å². The van der Waals surface area contributed by atoms with Crippen LogP contribution in [0.2, 0.25) is 0 Å². The average molecular weight is 1060 g/mol. The first-order valence-corrected chi connectivity index (χ1v) is 33.0. The molecule has 5 heterocycles. The number of benzene rings is 2. The number of fused-ring (bicyclic) bond motifs is 9. The van der Waals surface area contributed by atoms with Crippen molar-refractivity contribution in [1.82, 2.24) is 9.13 Å². The summed E-state index contributed by atoms with van der Waals surface area (Å²) < 4.78 is 8.19. The van der Waals surface area contributed by atoms with Crippen LogP contribution in [-0.2, 0) is 13.1 Å². The first kappa shape index (κ1) is 55.8. The first-order valence-electron chi connectivity index (χ1n) is 29.5. The van der Waals surface area contributed by atoms with Gasteiger partial charge in [-0.05, 0) is 30.2 Å². The van der Waals surface area contributed by atoms with E-state index in [0.29, 0.717) is 26.3 Å². The van der Waals surface area contributed by atoms with E-state index >= 15 is 9.59 Å². The van der Waals surface area contributed by atoms with Crippen molar-refractivity contribution in [2.45, 2.75) is 246 Å². The number of pyridine rings is 2. The van der Waals surface area contributed by atoms with Gasteiger partial charge in [-0.15, -0.1) is 0 Å². The molecule has 0 aliphatic carbocycles. The van der Waals surface area contributed by atoms with Crippen LogP contribution in [0, 0.1) is 11.8 Å². The van der Waals surface area contributed by atoms with Crippen LogP contribution in [-0.4, -0.2) is 23.6 Å². The zero-order valence-electron chi connectivity index (χ0n) is 44.9. The van der Waals surface area contributed by atoms with Crippen LogP contribution in [0.3, 0.4) is 0 Å². The second-order valence-electron chi connectivity index (χ2n) is 21.7. The summed E-state index contributed by atoms with van der Waals surface area (Å²) in [5.41, 5.74) is 2.42. The fraction of sp³-hybridized carbons (Fsp3) is 0.625. The number of unbranched alkanes of at least 4 members (excludes halogenated alkanes) is 24. The van der Waals surface area contributed by atoms with E-state index in [0.717, 1.165) is 56.4 Å². The molecule has 0 N–H and O–H groups in total. The van der Waals surface area contributed by atoms with Crippen molar-refractivity contribution in [3.63, 3.8) is 0 Å². The van der Waals surface area contributed by atoms with Crippen molar-refractivity contribution in [1.29, 1.82) is 0 Å². The number of hydrogen-bond donors (Lipinski definition) is 0. The van der Waals surface area contributed by atoms with E-state index < -0.39 is 0 Å². The third-order valence-electron chi connectivity index (χ3n) is 16.1. The molecule has 0 fully saturated rings. The molecule has 0 spiro atoms.